The smallest absolute Gasteiger partial charge is 0.0995 e. The maximum absolute atomic E-state index is 4.96. The predicted molar refractivity (Wildman–Crippen MR) is 64.9 cm³/mol. The number of aromatic nitrogens is 3. The molecular weight excluding hydrogens is 216 g/mol. The van der Waals surface area contributed by atoms with Gasteiger partial charge in [0.05, 0.1) is 18.6 Å². The average molecular weight is 232 g/mol. The molecule has 0 amide bonds. The molecule has 0 saturated carbocycles. The molecule has 0 saturated heterocycles. The van der Waals surface area contributed by atoms with Crippen molar-refractivity contribution in [1.29, 1.82) is 0 Å². The first-order valence-corrected chi connectivity index (χ1v) is 5.53. The van der Waals surface area contributed by atoms with Gasteiger partial charge in [-0.15, -0.1) is 0 Å². The molecule has 0 bridgehead atoms. The third kappa shape index (κ3) is 3.37. The molecule has 0 unspecified atom stereocenters. The summed E-state index contributed by atoms with van der Waals surface area (Å²) in [7, 11) is 1.69. The molecule has 0 radical (unpaired) electrons. The second-order valence-electron chi connectivity index (χ2n) is 3.65. The normalized spacial score (nSPS) is 10.6. The van der Waals surface area contributed by atoms with Crippen LogP contribution in [0.1, 0.15) is 5.69 Å². The van der Waals surface area contributed by atoms with Crippen molar-refractivity contribution < 1.29 is 4.74 Å². The molecule has 2 aromatic rings. The van der Waals surface area contributed by atoms with Crippen LogP contribution in [0.4, 0.5) is 0 Å². The van der Waals surface area contributed by atoms with E-state index in [1.807, 2.05) is 29.2 Å². The van der Waals surface area contributed by atoms with E-state index in [1.54, 1.807) is 19.5 Å². The summed E-state index contributed by atoms with van der Waals surface area (Å²) in [6.45, 7) is 2.30. The topological polar surface area (TPSA) is 52.0 Å². The van der Waals surface area contributed by atoms with E-state index in [0.717, 1.165) is 24.5 Å². The fraction of sp³-hybridized carbons (Fsp3) is 0.333. The Labute approximate surface area is 100 Å². The molecular formula is C12H16N4O. The molecule has 0 fully saturated rings. The molecule has 5 heteroatoms. The number of imidazole rings is 1. The molecule has 2 rings (SSSR count). The van der Waals surface area contributed by atoms with Crippen LogP contribution >= 0.6 is 0 Å². The van der Waals surface area contributed by atoms with E-state index < -0.39 is 0 Å². The zero-order chi connectivity index (χ0) is 11.9. The van der Waals surface area contributed by atoms with Crippen molar-refractivity contribution in [3.8, 4) is 5.69 Å². The van der Waals surface area contributed by atoms with Gasteiger partial charge >= 0.3 is 0 Å². The fourth-order valence-electron chi connectivity index (χ4n) is 1.50. The van der Waals surface area contributed by atoms with Crippen molar-refractivity contribution in [1.82, 2.24) is 19.9 Å². The van der Waals surface area contributed by atoms with Gasteiger partial charge in [-0.1, -0.05) is 0 Å². The number of methoxy groups -OCH3 is 1. The number of nitrogens with zero attached hydrogens (tertiary/aromatic N) is 3. The van der Waals surface area contributed by atoms with Crippen LogP contribution in [0.15, 0.2) is 37.1 Å². The zero-order valence-electron chi connectivity index (χ0n) is 9.84. The van der Waals surface area contributed by atoms with Crippen molar-refractivity contribution >= 4 is 0 Å². The number of hydrogen-bond acceptors (Lipinski definition) is 4. The largest absolute Gasteiger partial charge is 0.383 e. The highest BCUT2D eigenvalue weighted by molar-refractivity contribution is 5.29. The van der Waals surface area contributed by atoms with E-state index in [0.29, 0.717) is 6.61 Å². The Balaban J connectivity index is 1.92. The predicted octanol–water partition coefficient (Wildman–Crippen LogP) is 1.00. The molecule has 0 atom stereocenters. The van der Waals surface area contributed by atoms with Crippen molar-refractivity contribution in [2.45, 2.75) is 6.54 Å². The maximum atomic E-state index is 4.96. The molecule has 0 aromatic carbocycles. The second-order valence-corrected chi connectivity index (χ2v) is 3.65. The van der Waals surface area contributed by atoms with Crippen molar-refractivity contribution in [3.05, 3.63) is 42.7 Å². The first-order valence-electron chi connectivity index (χ1n) is 5.53. The Morgan fingerprint density at radius 2 is 2.18 bits per heavy atom. The minimum atomic E-state index is 0.713. The highest BCUT2D eigenvalue weighted by Gasteiger charge is 1.99. The van der Waals surface area contributed by atoms with Gasteiger partial charge in [-0.3, -0.25) is 4.98 Å². The maximum Gasteiger partial charge on any atom is 0.0995 e. The Morgan fingerprint density at radius 1 is 1.35 bits per heavy atom. The van der Waals surface area contributed by atoms with E-state index in [1.165, 1.54) is 0 Å². The van der Waals surface area contributed by atoms with E-state index in [9.17, 15) is 0 Å². The lowest BCUT2D eigenvalue weighted by atomic mass is 10.4. The summed E-state index contributed by atoms with van der Waals surface area (Å²) < 4.78 is 6.94. The van der Waals surface area contributed by atoms with E-state index in [4.69, 9.17) is 4.74 Å². The van der Waals surface area contributed by atoms with Crippen molar-refractivity contribution in [3.63, 3.8) is 0 Å². The summed E-state index contributed by atoms with van der Waals surface area (Å²) in [5.74, 6) is 0. The van der Waals surface area contributed by atoms with Gasteiger partial charge in [0.1, 0.15) is 0 Å². The van der Waals surface area contributed by atoms with Crippen LogP contribution in [0.25, 0.3) is 5.69 Å². The Hall–Kier alpha value is -1.72. The Morgan fingerprint density at radius 3 is 2.94 bits per heavy atom. The quantitative estimate of drug-likeness (QED) is 0.755. The monoisotopic (exact) mass is 232 g/mol. The molecule has 1 N–H and O–H groups in total. The molecule has 5 nitrogen and oxygen atoms in total. The SMILES string of the molecule is COCCNCc1cn(-c2ccncc2)cn1. The van der Waals surface area contributed by atoms with Gasteiger partial charge in [-0.25, -0.2) is 4.98 Å². The van der Waals surface area contributed by atoms with Gasteiger partial charge in [0.2, 0.25) is 0 Å². The highest BCUT2D eigenvalue weighted by Crippen LogP contribution is 2.06. The van der Waals surface area contributed by atoms with Crippen LogP contribution < -0.4 is 5.32 Å². The fourth-order valence-corrected chi connectivity index (χ4v) is 1.50. The van der Waals surface area contributed by atoms with Gasteiger partial charge in [0.25, 0.3) is 0 Å². The van der Waals surface area contributed by atoms with E-state index in [2.05, 4.69) is 15.3 Å². The van der Waals surface area contributed by atoms with E-state index in [-0.39, 0.29) is 0 Å². The summed E-state index contributed by atoms with van der Waals surface area (Å²) in [5.41, 5.74) is 2.08. The number of ether oxygens (including phenoxy) is 1. The van der Waals surface area contributed by atoms with Gasteiger partial charge in [0.15, 0.2) is 0 Å². The number of pyridine rings is 1. The minimum Gasteiger partial charge on any atom is -0.383 e. The number of rotatable bonds is 6. The van der Waals surface area contributed by atoms with Crippen LogP contribution in [-0.4, -0.2) is 34.8 Å². The Bertz CT molecular complexity index is 441. The summed E-state index contributed by atoms with van der Waals surface area (Å²) in [5, 5.41) is 3.25. The molecule has 0 aliphatic carbocycles. The third-order valence-corrected chi connectivity index (χ3v) is 2.39. The van der Waals surface area contributed by atoms with Crippen molar-refractivity contribution in [2.24, 2.45) is 0 Å². The molecule has 0 aliphatic heterocycles. The van der Waals surface area contributed by atoms with Gasteiger partial charge < -0.3 is 14.6 Å². The second kappa shape index (κ2) is 6.12. The van der Waals surface area contributed by atoms with Crippen LogP contribution in [-0.2, 0) is 11.3 Å². The molecule has 2 aromatic heterocycles. The minimum absolute atomic E-state index is 0.713. The first-order chi connectivity index (χ1) is 8.40. The Kier molecular flexibility index (Phi) is 4.23. The van der Waals surface area contributed by atoms with Crippen LogP contribution in [0, 0.1) is 0 Å². The van der Waals surface area contributed by atoms with Gasteiger partial charge in [0, 0.05) is 44.5 Å². The summed E-state index contributed by atoms with van der Waals surface area (Å²) in [4.78, 5) is 8.32. The molecule has 90 valence electrons. The third-order valence-electron chi connectivity index (χ3n) is 2.39. The summed E-state index contributed by atoms with van der Waals surface area (Å²) in [6.07, 6.45) is 7.36. The van der Waals surface area contributed by atoms with Crippen LogP contribution in [0.3, 0.4) is 0 Å². The lowest BCUT2D eigenvalue weighted by Gasteiger charge is -2.01. The zero-order valence-corrected chi connectivity index (χ0v) is 9.84. The summed E-state index contributed by atoms with van der Waals surface area (Å²) >= 11 is 0. The van der Waals surface area contributed by atoms with Crippen molar-refractivity contribution in [2.75, 3.05) is 20.3 Å². The number of nitrogens with one attached hydrogen (secondary N) is 1. The van der Waals surface area contributed by atoms with Crippen LogP contribution in [0.2, 0.25) is 0 Å². The molecule has 0 aliphatic rings. The lowest BCUT2D eigenvalue weighted by Crippen LogP contribution is -2.18. The van der Waals surface area contributed by atoms with E-state index >= 15 is 0 Å². The van der Waals surface area contributed by atoms with Gasteiger partial charge in [-0.05, 0) is 12.1 Å². The summed E-state index contributed by atoms with van der Waals surface area (Å²) in [6, 6.07) is 3.90. The average Bonchev–Trinajstić information content (AvgIpc) is 2.85. The standard InChI is InChI=1S/C12H16N4O/c1-17-7-6-14-8-11-9-16(10-15-11)12-2-4-13-5-3-12/h2-5,9-10,14H,6-8H2,1H3. The lowest BCUT2D eigenvalue weighted by molar-refractivity contribution is 0.199. The highest BCUT2D eigenvalue weighted by atomic mass is 16.5. The van der Waals surface area contributed by atoms with Gasteiger partial charge in [-0.2, -0.15) is 0 Å². The first kappa shape index (κ1) is 11.8. The number of hydrogen-bond donors (Lipinski definition) is 1. The molecule has 17 heavy (non-hydrogen) atoms. The molecule has 2 heterocycles. The molecule has 0 spiro atoms. The van der Waals surface area contributed by atoms with Crippen LogP contribution in [0.5, 0.6) is 0 Å².